The highest BCUT2D eigenvalue weighted by Crippen LogP contribution is 2.60. The zero-order valence-electron chi connectivity index (χ0n) is 11.2. The molecule has 100 valence electrons. The lowest BCUT2D eigenvalue weighted by Crippen LogP contribution is -2.47. The largest absolute Gasteiger partial charge is 0.303 e. The molecular weight excluding hydrogens is 240 g/mol. The van der Waals surface area contributed by atoms with Crippen molar-refractivity contribution >= 4 is 16.1 Å². The van der Waals surface area contributed by atoms with E-state index in [2.05, 4.69) is 4.72 Å². The topological polar surface area (TPSA) is 66.5 Å². The predicted octanol–water partition coefficient (Wildman–Crippen LogP) is 1.13. The van der Waals surface area contributed by atoms with E-state index in [9.17, 15) is 13.2 Å². The summed E-state index contributed by atoms with van der Waals surface area (Å²) in [5, 5.41) is 0. The molecule has 0 aromatic carbocycles. The molecule has 1 amide bonds. The van der Waals surface area contributed by atoms with E-state index in [4.69, 9.17) is 0 Å². The van der Waals surface area contributed by atoms with Crippen molar-refractivity contribution in [3.63, 3.8) is 0 Å². The Morgan fingerprint density at radius 3 is 2.12 bits per heavy atom. The first kappa shape index (κ1) is 14.4. The summed E-state index contributed by atoms with van der Waals surface area (Å²) in [5.41, 5.74) is -0.677. The summed E-state index contributed by atoms with van der Waals surface area (Å²) in [6, 6.07) is 0. The van der Waals surface area contributed by atoms with Crippen LogP contribution < -0.4 is 4.72 Å². The van der Waals surface area contributed by atoms with Gasteiger partial charge in [0.2, 0.25) is 5.91 Å². The van der Waals surface area contributed by atoms with Gasteiger partial charge in [-0.25, -0.2) is 4.72 Å². The van der Waals surface area contributed by atoms with Crippen LogP contribution in [-0.2, 0) is 15.0 Å². The van der Waals surface area contributed by atoms with E-state index in [1.165, 1.54) is 14.1 Å². The Balaban J connectivity index is 2.87. The third kappa shape index (κ3) is 2.47. The Hall–Kier alpha value is -0.620. The molecule has 0 bridgehead atoms. The van der Waals surface area contributed by atoms with Crippen molar-refractivity contribution in [2.45, 2.75) is 40.0 Å². The highest BCUT2D eigenvalue weighted by Gasteiger charge is 2.59. The van der Waals surface area contributed by atoms with Crippen LogP contribution in [0.3, 0.4) is 0 Å². The van der Waals surface area contributed by atoms with Gasteiger partial charge in [0.1, 0.15) is 0 Å². The summed E-state index contributed by atoms with van der Waals surface area (Å²) in [6.45, 7) is 6.05. The summed E-state index contributed by atoms with van der Waals surface area (Å²) < 4.78 is 26.4. The van der Waals surface area contributed by atoms with Crippen molar-refractivity contribution in [1.82, 2.24) is 9.03 Å². The van der Waals surface area contributed by atoms with Gasteiger partial charge in [0.05, 0.1) is 5.41 Å². The maximum Gasteiger partial charge on any atom is 0.303 e. The van der Waals surface area contributed by atoms with Gasteiger partial charge in [-0.3, -0.25) is 4.79 Å². The van der Waals surface area contributed by atoms with E-state index in [0.717, 1.165) is 23.6 Å². The van der Waals surface area contributed by atoms with Crippen LogP contribution in [0.2, 0.25) is 0 Å². The van der Waals surface area contributed by atoms with Gasteiger partial charge in [0.15, 0.2) is 0 Å². The number of nitrogens with zero attached hydrogens (tertiary/aromatic N) is 1. The Kier molecular flexibility index (Phi) is 3.60. The van der Waals surface area contributed by atoms with Gasteiger partial charge in [0.25, 0.3) is 0 Å². The first-order valence-electron chi connectivity index (χ1n) is 5.84. The molecule has 1 rings (SSSR count). The number of rotatable bonds is 5. The Morgan fingerprint density at radius 1 is 1.35 bits per heavy atom. The first-order chi connectivity index (χ1) is 7.59. The van der Waals surface area contributed by atoms with Crippen LogP contribution in [0.25, 0.3) is 0 Å². The van der Waals surface area contributed by atoms with E-state index < -0.39 is 15.6 Å². The molecule has 0 saturated heterocycles. The molecule has 0 unspecified atom stereocenters. The van der Waals surface area contributed by atoms with Crippen molar-refractivity contribution in [3.05, 3.63) is 0 Å². The Labute approximate surface area is 104 Å². The summed E-state index contributed by atoms with van der Waals surface area (Å²) >= 11 is 0. The molecule has 1 fully saturated rings. The maximum atomic E-state index is 12.1. The van der Waals surface area contributed by atoms with Crippen LogP contribution in [0.5, 0.6) is 0 Å². The summed E-state index contributed by atoms with van der Waals surface area (Å²) in [7, 11) is -0.869. The molecular formula is C11H22N2O3S. The standard InChI is InChI=1S/C11H22N2O3S/c1-6-10(2,3)11(7-8-11)9(14)12-17(15,16)13(4)5/h6-8H2,1-5H3,(H,12,14). The second kappa shape index (κ2) is 4.24. The molecule has 1 aliphatic carbocycles. The monoisotopic (exact) mass is 262 g/mol. The first-order valence-corrected chi connectivity index (χ1v) is 7.28. The minimum Gasteiger partial charge on any atom is -0.273 e. The fourth-order valence-electron chi connectivity index (χ4n) is 1.98. The van der Waals surface area contributed by atoms with Crippen molar-refractivity contribution in [2.24, 2.45) is 10.8 Å². The van der Waals surface area contributed by atoms with E-state index in [-0.39, 0.29) is 11.3 Å². The second-order valence-electron chi connectivity index (χ2n) is 5.54. The number of amides is 1. The van der Waals surface area contributed by atoms with Gasteiger partial charge in [0, 0.05) is 14.1 Å². The van der Waals surface area contributed by atoms with E-state index >= 15 is 0 Å². The smallest absolute Gasteiger partial charge is 0.273 e. The van der Waals surface area contributed by atoms with Gasteiger partial charge in [-0.15, -0.1) is 0 Å². The molecule has 6 heteroatoms. The van der Waals surface area contributed by atoms with Crippen LogP contribution >= 0.6 is 0 Å². The van der Waals surface area contributed by atoms with Crippen LogP contribution in [0.15, 0.2) is 0 Å². The molecule has 1 N–H and O–H groups in total. The SMILES string of the molecule is CCC(C)(C)C1(C(=O)NS(=O)(=O)N(C)C)CC1. The summed E-state index contributed by atoms with van der Waals surface area (Å²) in [6.07, 6.45) is 2.38. The Morgan fingerprint density at radius 2 is 1.82 bits per heavy atom. The van der Waals surface area contributed by atoms with Crippen LogP contribution in [0.1, 0.15) is 40.0 Å². The van der Waals surface area contributed by atoms with Gasteiger partial charge in [-0.2, -0.15) is 12.7 Å². The number of hydrogen-bond donors (Lipinski definition) is 1. The van der Waals surface area contributed by atoms with Gasteiger partial charge < -0.3 is 0 Å². The molecule has 0 heterocycles. The average molecular weight is 262 g/mol. The van der Waals surface area contributed by atoms with E-state index in [0.29, 0.717) is 0 Å². The molecule has 0 spiro atoms. The van der Waals surface area contributed by atoms with Crippen molar-refractivity contribution in [2.75, 3.05) is 14.1 Å². The molecule has 0 aliphatic heterocycles. The highest BCUT2D eigenvalue weighted by molar-refractivity contribution is 7.87. The predicted molar refractivity (Wildman–Crippen MR) is 66.5 cm³/mol. The molecule has 0 radical (unpaired) electrons. The molecule has 17 heavy (non-hydrogen) atoms. The van der Waals surface area contributed by atoms with Crippen molar-refractivity contribution < 1.29 is 13.2 Å². The molecule has 1 saturated carbocycles. The normalized spacial score (nSPS) is 19.2. The fourth-order valence-corrected chi connectivity index (χ4v) is 2.59. The molecule has 1 aliphatic rings. The Bertz CT molecular complexity index is 408. The number of carbonyl (C=O) groups excluding carboxylic acids is 1. The molecule has 0 atom stereocenters. The van der Waals surface area contributed by atoms with Crippen LogP contribution in [-0.4, -0.2) is 32.7 Å². The van der Waals surface area contributed by atoms with Gasteiger partial charge in [-0.1, -0.05) is 20.8 Å². The number of hydrogen-bond acceptors (Lipinski definition) is 3. The van der Waals surface area contributed by atoms with Crippen molar-refractivity contribution in [3.8, 4) is 0 Å². The van der Waals surface area contributed by atoms with Crippen LogP contribution in [0, 0.1) is 10.8 Å². The lowest BCUT2D eigenvalue weighted by molar-refractivity contribution is -0.128. The minimum absolute atomic E-state index is 0.168. The lowest BCUT2D eigenvalue weighted by atomic mass is 9.73. The molecule has 0 aromatic rings. The summed E-state index contributed by atoms with van der Waals surface area (Å²) in [5.74, 6) is -0.363. The fraction of sp³-hybridized carbons (Fsp3) is 0.909. The second-order valence-corrected chi connectivity index (χ2v) is 7.42. The minimum atomic E-state index is -3.68. The third-order valence-corrected chi connectivity index (χ3v) is 5.47. The summed E-state index contributed by atoms with van der Waals surface area (Å²) in [4.78, 5) is 12.1. The maximum absolute atomic E-state index is 12.1. The quantitative estimate of drug-likeness (QED) is 0.807. The highest BCUT2D eigenvalue weighted by atomic mass is 32.2. The molecule has 0 aromatic heterocycles. The lowest BCUT2D eigenvalue weighted by Gasteiger charge is -2.32. The van der Waals surface area contributed by atoms with E-state index in [1.54, 1.807) is 0 Å². The van der Waals surface area contributed by atoms with Crippen molar-refractivity contribution in [1.29, 1.82) is 0 Å². The number of nitrogens with one attached hydrogen (secondary N) is 1. The zero-order chi connectivity index (χ0) is 13.5. The van der Waals surface area contributed by atoms with Gasteiger partial charge >= 0.3 is 10.2 Å². The zero-order valence-corrected chi connectivity index (χ0v) is 12.0. The van der Waals surface area contributed by atoms with E-state index in [1.807, 2.05) is 20.8 Å². The molecule has 5 nitrogen and oxygen atoms in total. The van der Waals surface area contributed by atoms with Crippen LogP contribution in [0.4, 0.5) is 0 Å². The average Bonchev–Trinajstić information content (AvgIpc) is 2.97. The third-order valence-electron chi connectivity index (χ3n) is 4.07. The number of carbonyl (C=O) groups is 1. The van der Waals surface area contributed by atoms with Gasteiger partial charge in [-0.05, 0) is 24.7 Å².